The van der Waals surface area contributed by atoms with Gasteiger partial charge in [0.05, 0.1) is 11.1 Å². The smallest absolute Gasteiger partial charge is 0.328 e. The standard InChI is InChI=1S/C16H17BrN2O4/c1-4-6-23-14-11(17)7-10(9-13(14)22-5-2)8-12-15(20)19(3)16(21)18-12/h4,7-9H,1,5-6H2,2-3H3,(H,18,21)/b12-8+. The highest BCUT2D eigenvalue weighted by molar-refractivity contribution is 9.10. The van der Waals surface area contributed by atoms with E-state index >= 15 is 0 Å². The summed E-state index contributed by atoms with van der Waals surface area (Å²) in [6.45, 7) is 6.30. The van der Waals surface area contributed by atoms with Crippen molar-refractivity contribution in [3.05, 3.63) is 40.5 Å². The number of nitrogens with zero attached hydrogens (tertiary/aromatic N) is 1. The largest absolute Gasteiger partial charge is 0.490 e. The van der Waals surface area contributed by atoms with E-state index in [0.717, 1.165) is 4.90 Å². The molecule has 0 aliphatic carbocycles. The number of hydrogen-bond donors (Lipinski definition) is 1. The van der Waals surface area contributed by atoms with E-state index in [1.54, 1.807) is 24.3 Å². The van der Waals surface area contributed by atoms with Crippen molar-refractivity contribution in [2.24, 2.45) is 0 Å². The molecule has 0 bridgehead atoms. The summed E-state index contributed by atoms with van der Waals surface area (Å²) in [5.74, 6) is 0.726. The fourth-order valence-electron chi connectivity index (χ4n) is 2.01. The van der Waals surface area contributed by atoms with E-state index in [0.29, 0.717) is 34.7 Å². The number of ether oxygens (including phenoxy) is 2. The molecule has 6 nitrogen and oxygen atoms in total. The first-order chi connectivity index (χ1) is 11.0. The molecule has 1 aromatic carbocycles. The number of likely N-dealkylation sites (N-methyl/N-ethyl adjacent to an activating group) is 1. The lowest BCUT2D eigenvalue weighted by atomic mass is 10.1. The molecule has 0 spiro atoms. The van der Waals surface area contributed by atoms with Crippen LogP contribution in [-0.4, -0.2) is 37.1 Å². The van der Waals surface area contributed by atoms with Gasteiger partial charge in [0.25, 0.3) is 5.91 Å². The van der Waals surface area contributed by atoms with Gasteiger partial charge in [-0.3, -0.25) is 9.69 Å². The number of urea groups is 1. The molecule has 0 atom stereocenters. The Bertz CT molecular complexity index is 685. The number of carbonyl (C=O) groups is 2. The van der Waals surface area contributed by atoms with Gasteiger partial charge in [-0.1, -0.05) is 12.7 Å². The summed E-state index contributed by atoms with van der Waals surface area (Å²) in [6.07, 6.45) is 3.23. The first-order valence-electron chi connectivity index (χ1n) is 6.98. The van der Waals surface area contributed by atoms with Gasteiger partial charge in [-0.05, 0) is 46.6 Å². The maximum Gasteiger partial charge on any atom is 0.328 e. The van der Waals surface area contributed by atoms with E-state index in [-0.39, 0.29) is 11.6 Å². The minimum Gasteiger partial charge on any atom is -0.490 e. The molecule has 0 radical (unpaired) electrons. The van der Waals surface area contributed by atoms with E-state index in [1.165, 1.54) is 7.05 Å². The Hall–Kier alpha value is -2.28. The van der Waals surface area contributed by atoms with Gasteiger partial charge in [0.15, 0.2) is 11.5 Å². The van der Waals surface area contributed by atoms with Crippen LogP contribution in [0.1, 0.15) is 12.5 Å². The number of carbonyl (C=O) groups excluding carboxylic acids is 2. The third-order valence-corrected chi connectivity index (χ3v) is 3.66. The molecule has 1 fully saturated rings. The van der Waals surface area contributed by atoms with Crippen molar-refractivity contribution in [3.63, 3.8) is 0 Å². The van der Waals surface area contributed by atoms with Gasteiger partial charge in [-0.25, -0.2) is 4.79 Å². The van der Waals surface area contributed by atoms with E-state index in [4.69, 9.17) is 9.47 Å². The molecule has 2 rings (SSSR count). The molecular formula is C16H17BrN2O4. The molecule has 1 N–H and O–H groups in total. The first-order valence-corrected chi connectivity index (χ1v) is 7.78. The van der Waals surface area contributed by atoms with Gasteiger partial charge < -0.3 is 14.8 Å². The number of benzene rings is 1. The summed E-state index contributed by atoms with van der Waals surface area (Å²) in [4.78, 5) is 24.4. The van der Waals surface area contributed by atoms with Crippen LogP contribution >= 0.6 is 15.9 Å². The van der Waals surface area contributed by atoms with Gasteiger partial charge in [0.1, 0.15) is 12.3 Å². The van der Waals surface area contributed by atoms with Crippen molar-refractivity contribution in [3.8, 4) is 11.5 Å². The van der Waals surface area contributed by atoms with Gasteiger partial charge in [0, 0.05) is 7.05 Å². The van der Waals surface area contributed by atoms with Crippen molar-refractivity contribution >= 4 is 33.9 Å². The number of rotatable bonds is 6. The SMILES string of the molecule is C=CCOc1c(Br)cc(/C=C2/NC(=O)N(C)C2=O)cc1OCC. The van der Waals surface area contributed by atoms with Crippen LogP contribution in [0.15, 0.2) is 35.0 Å². The Balaban J connectivity index is 2.39. The van der Waals surface area contributed by atoms with Crippen molar-refractivity contribution in [2.45, 2.75) is 6.92 Å². The molecular weight excluding hydrogens is 364 g/mol. The molecule has 1 aliphatic rings. The third kappa shape index (κ3) is 3.73. The molecule has 1 aromatic rings. The second kappa shape index (κ2) is 7.32. The molecule has 23 heavy (non-hydrogen) atoms. The van der Waals surface area contributed by atoms with E-state index in [1.807, 2.05) is 6.92 Å². The minimum atomic E-state index is -0.448. The zero-order chi connectivity index (χ0) is 17.0. The number of amides is 3. The molecule has 3 amide bonds. The van der Waals surface area contributed by atoms with E-state index in [2.05, 4.69) is 27.8 Å². The lowest BCUT2D eigenvalue weighted by Crippen LogP contribution is -2.25. The number of hydrogen-bond acceptors (Lipinski definition) is 4. The lowest BCUT2D eigenvalue weighted by molar-refractivity contribution is -0.121. The highest BCUT2D eigenvalue weighted by Gasteiger charge is 2.30. The van der Waals surface area contributed by atoms with E-state index < -0.39 is 6.03 Å². The number of imide groups is 1. The fourth-order valence-corrected chi connectivity index (χ4v) is 2.58. The highest BCUT2D eigenvalue weighted by Crippen LogP contribution is 2.37. The Morgan fingerprint density at radius 1 is 1.35 bits per heavy atom. The number of nitrogens with one attached hydrogen (secondary N) is 1. The van der Waals surface area contributed by atoms with Gasteiger partial charge in [-0.2, -0.15) is 0 Å². The van der Waals surface area contributed by atoms with Crippen LogP contribution in [0.4, 0.5) is 4.79 Å². The summed E-state index contributed by atoms with van der Waals surface area (Å²) in [5, 5.41) is 2.52. The summed E-state index contributed by atoms with van der Waals surface area (Å²) < 4.78 is 11.9. The van der Waals surface area contributed by atoms with Crippen LogP contribution in [0, 0.1) is 0 Å². The van der Waals surface area contributed by atoms with Crippen LogP contribution in [0.2, 0.25) is 0 Å². The predicted molar refractivity (Wildman–Crippen MR) is 90.3 cm³/mol. The van der Waals surface area contributed by atoms with Crippen molar-refractivity contribution in [1.29, 1.82) is 0 Å². The van der Waals surface area contributed by atoms with Crippen molar-refractivity contribution < 1.29 is 19.1 Å². The average Bonchev–Trinajstić information content (AvgIpc) is 2.74. The molecule has 0 aromatic heterocycles. The lowest BCUT2D eigenvalue weighted by Gasteiger charge is -2.13. The van der Waals surface area contributed by atoms with Crippen LogP contribution in [0.3, 0.4) is 0 Å². The van der Waals surface area contributed by atoms with Crippen LogP contribution in [0.25, 0.3) is 6.08 Å². The highest BCUT2D eigenvalue weighted by atomic mass is 79.9. The van der Waals surface area contributed by atoms with Gasteiger partial charge in [0.2, 0.25) is 0 Å². The molecule has 1 aliphatic heterocycles. The Morgan fingerprint density at radius 3 is 2.65 bits per heavy atom. The predicted octanol–water partition coefficient (Wildman–Crippen LogP) is 2.94. The Labute approximate surface area is 142 Å². The van der Waals surface area contributed by atoms with E-state index in [9.17, 15) is 9.59 Å². The third-order valence-electron chi connectivity index (χ3n) is 3.07. The fraction of sp³-hybridized carbons (Fsp3) is 0.250. The molecule has 0 saturated carbocycles. The molecule has 1 saturated heterocycles. The quantitative estimate of drug-likeness (QED) is 0.468. The summed E-state index contributed by atoms with van der Waals surface area (Å²) >= 11 is 3.44. The summed E-state index contributed by atoms with van der Waals surface area (Å²) in [7, 11) is 1.42. The first kappa shape index (κ1) is 17.1. The minimum absolute atomic E-state index is 0.214. The maximum absolute atomic E-state index is 11.9. The average molecular weight is 381 g/mol. The van der Waals surface area contributed by atoms with Crippen molar-refractivity contribution in [1.82, 2.24) is 10.2 Å². The summed E-state index contributed by atoms with van der Waals surface area (Å²) in [6, 6.07) is 3.08. The molecule has 122 valence electrons. The number of halogens is 1. The van der Waals surface area contributed by atoms with Crippen LogP contribution in [-0.2, 0) is 4.79 Å². The zero-order valence-corrected chi connectivity index (χ0v) is 14.5. The van der Waals surface area contributed by atoms with Crippen molar-refractivity contribution in [2.75, 3.05) is 20.3 Å². The Kier molecular flexibility index (Phi) is 5.44. The monoisotopic (exact) mass is 380 g/mol. The van der Waals surface area contributed by atoms with Crippen LogP contribution in [0.5, 0.6) is 11.5 Å². The second-order valence-corrected chi connectivity index (χ2v) is 5.57. The van der Waals surface area contributed by atoms with Gasteiger partial charge in [-0.15, -0.1) is 0 Å². The summed E-state index contributed by atoms with van der Waals surface area (Å²) in [5.41, 5.74) is 0.914. The topological polar surface area (TPSA) is 67.9 Å². The molecule has 1 heterocycles. The second-order valence-electron chi connectivity index (χ2n) is 4.72. The maximum atomic E-state index is 11.9. The van der Waals surface area contributed by atoms with Gasteiger partial charge >= 0.3 is 6.03 Å². The normalized spacial score (nSPS) is 15.8. The molecule has 7 heteroatoms. The molecule has 0 unspecified atom stereocenters. The Morgan fingerprint density at radius 2 is 2.09 bits per heavy atom. The van der Waals surface area contributed by atoms with Crippen LogP contribution < -0.4 is 14.8 Å². The zero-order valence-electron chi connectivity index (χ0n) is 12.9.